The van der Waals surface area contributed by atoms with Gasteiger partial charge < -0.3 is 35.9 Å². The first-order valence-electron chi connectivity index (χ1n) is 20.4. The number of rotatable bonds is 11. The molecular formula is C45H55F3N6O5. The molecule has 1 aliphatic carbocycles. The molecule has 0 spiro atoms. The molecule has 1 saturated carbocycles. The second kappa shape index (κ2) is 18.3. The first-order valence-corrected chi connectivity index (χ1v) is 20.4. The molecule has 0 unspecified atom stereocenters. The van der Waals surface area contributed by atoms with Crippen LogP contribution in [-0.4, -0.2) is 78.1 Å². The lowest BCUT2D eigenvalue weighted by molar-refractivity contribution is -0.140. The molecule has 2 aliphatic rings. The maximum absolute atomic E-state index is 13.9. The number of carbonyl (C=O) groups is 4. The van der Waals surface area contributed by atoms with E-state index >= 15 is 0 Å². The van der Waals surface area contributed by atoms with Gasteiger partial charge in [0.15, 0.2) is 0 Å². The summed E-state index contributed by atoms with van der Waals surface area (Å²) >= 11 is 0. The van der Waals surface area contributed by atoms with Gasteiger partial charge in [0.2, 0.25) is 11.8 Å². The lowest BCUT2D eigenvalue weighted by Crippen LogP contribution is -2.48. The Morgan fingerprint density at radius 3 is 2.22 bits per heavy atom. The van der Waals surface area contributed by atoms with E-state index in [-0.39, 0.29) is 47.0 Å². The first-order chi connectivity index (χ1) is 27.9. The third-order valence-electron chi connectivity index (χ3n) is 11.2. The minimum absolute atomic E-state index is 0.0850. The third-order valence-corrected chi connectivity index (χ3v) is 11.2. The summed E-state index contributed by atoms with van der Waals surface area (Å²) in [7, 11) is 2.08. The van der Waals surface area contributed by atoms with Crippen molar-refractivity contribution in [3.05, 3.63) is 89.1 Å². The fourth-order valence-corrected chi connectivity index (χ4v) is 7.87. The number of amides is 4. The second-order valence-corrected chi connectivity index (χ2v) is 17.1. The van der Waals surface area contributed by atoms with Crippen LogP contribution in [0.25, 0.3) is 22.0 Å². The number of carbonyl (C=O) groups excluding carboxylic acids is 4. The number of aromatic nitrogens is 1. The average Bonchev–Trinajstić information content (AvgIpc) is 3.62. The highest BCUT2D eigenvalue weighted by Crippen LogP contribution is 2.33. The highest BCUT2D eigenvalue weighted by Gasteiger charge is 2.33. The molecule has 11 nitrogen and oxygen atoms in total. The van der Waals surface area contributed by atoms with Gasteiger partial charge in [0.1, 0.15) is 17.3 Å². The van der Waals surface area contributed by atoms with Crippen molar-refractivity contribution < 1.29 is 37.1 Å². The van der Waals surface area contributed by atoms with Crippen LogP contribution < -0.4 is 21.3 Å². The Bertz CT molecular complexity index is 2130. The number of nitrogens with one attached hydrogen (secondary N) is 5. The van der Waals surface area contributed by atoms with E-state index in [4.69, 9.17) is 4.74 Å². The van der Waals surface area contributed by atoms with Crippen molar-refractivity contribution in [3.63, 3.8) is 0 Å². The number of hydrogen-bond acceptors (Lipinski definition) is 6. The van der Waals surface area contributed by atoms with Crippen LogP contribution >= 0.6 is 0 Å². The van der Waals surface area contributed by atoms with Crippen LogP contribution in [0.1, 0.15) is 86.5 Å². The smallest absolute Gasteiger partial charge is 0.431 e. The van der Waals surface area contributed by atoms with E-state index < -0.39 is 35.5 Å². The molecule has 3 aromatic carbocycles. The van der Waals surface area contributed by atoms with E-state index in [1.807, 2.05) is 49.4 Å². The maximum atomic E-state index is 13.9. The Hall–Kier alpha value is -5.37. The van der Waals surface area contributed by atoms with E-state index in [1.54, 1.807) is 20.8 Å². The average molecular weight is 817 g/mol. The van der Waals surface area contributed by atoms with E-state index in [0.717, 1.165) is 54.3 Å². The van der Waals surface area contributed by atoms with E-state index in [0.29, 0.717) is 43.5 Å². The fourth-order valence-electron chi connectivity index (χ4n) is 7.87. The molecule has 6 rings (SSSR count). The molecule has 316 valence electrons. The molecule has 2 heterocycles. The zero-order chi connectivity index (χ0) is 42.5. The summed E-state index contributed by atoms with van der Waals surface area (Å²) in [5.74, 6) is -0.995. The van der Waals surface area contributed by atoms with E-state index in [9.17, 15) is 32.3 Å². The number of nitrogens with zero attached hydrogens (tertiary/aromatic N) is 1. The van der Waals surface area contributed by atoms with Crippen molar-refractivity contribution in [3.8, 4) is 11.1 Å². The highest BCUT2D eigenvalue weighted by atomic mass is 19.4. The Balaban J connectivity index is 1.12. The standard InChI is InChI=1S/C45H55F3N6O5/c1-27-22-32(41(56)50-34-18-20-54(5)21-19-34)14-16-36(27)30-10-6-28(7-11-30)23-38(42(57)51-35-15-17-37-33(24-35)25-39(52-37)45(46,47)48)53-40(55)31-12-8-29(9-13-31)26-49-43(58)59-44(2,3)4/h6-7,10-11,14-17,22,24-25,29,31,34,38,52H,8-9,12-13,18-21,23,26H2,1-5H3,(H,49,58)(H,50,56)(H,51,57)(H,53,55)/t29?,31?,38-/m0/s1. The molecule has 5 N–H and O–H groups in total. The molecule has 14 heteroatoms. The van der Waals surface area contributed by atoms with Gasteiger partial charge in [-0.15, -0.1) is 0 Å². The van der Waals surface area contributed by atoms with Crippen LogP contribution in [0.15, 0.2) is 66.7 Å². The van der Waals surface area contributed by atoms with Gasteiger partial charge in [0, 0.05) is 47.1 Å². The van der Waals surface area contributed by atoms with Crippen molar-refractivity contribution in [2.75, 3.05) is 32.0 Å². The van der Waals surface area contributed by atoms with E-state index in [1.165, 1.54) is 18.2 Å². The number of alkyl carbamates (subject to hydrolysis) is 1. The van der Waals surface area contributed by atoms with Crippen LogP contribution in [-0.2, 0) is 26.9 Å². The molecule has 1 saturated heterocycles. The molecule has 2 fully saturated rings. The lowest BCUT2D eigenvalue weighted by Gasteiger charge is -2.29. The van der Waals surface area contributed by atoms with Crippen LogP contribution in [0.3, 0.4) is 0 Å². The van der Waals surface area contributed by atoms with Crippen molar-refractivity contribution in [2.45, 2.75) is 96.5 Å². The normalized spacial score (nSPS) is 18.5. The number of benzene rings is 3. The zero-order valence-corrected chi connectivity index (χ0v) is 34.4. The monoisotopic (exact) mass is 816 g/mol. The topological polar surface area (TPSA) is 145 Å². The number of anilines is 1. The quantitative estimate of drug-likeness (QED) is 0.104. The predicted molar refractivity (Wildman–Crippen MR) is 222 cm³/mol. The molecule has 4 amide bonds. The number of aryl methyl sites for hydroxylation is 1. The van der Waals surface area contributed by atoms with Gasteiger partial charge in [0.25, 0.3) is 5.91 Å². The molecule has 0 bridgehead atoms. The summed E-state index contributed by atoms with van der Waals surface area (Å²) in [6.45, 7) is 9.71. The summed E-state index contributed by atoms with van der Waals surface area (Å²) in [6, 6.07) is 18.0. The van der Waals surface area contributed by atoms with Gasteiger partial charge in [-0.2, -0.15) is 13.2 Å². The van der Waals surface area contributed by atoms with Gasteiger partial charge in [-0.25, -0.2) is 4.79 Å². The predicted octanol–water partition coefficient (Wildman–Crippen LogP) is 7.98. The largest absolute Gasteiger partial charge is 0.444 e. The number of hydrogen-bond donors (Lipinski definition) is 5. The van der Waals surface area contributed by atoms with Gasteiger partial charge in [-0.3, -0.25) is 14.4 Å². The van der Waals surface area contributed by atoms with Crippen molar-refractivity contribution >= 4 is 40.4 Å². The molecule has 1 aromatic heterocycles. The number of likely N-dealkylation sites (tertiary alicyclic amines) is 1. The van der Waals surface area contributed by atoms with Crippen LogP contribution in [0, 0.1) is 18.8 Å². The molecule has 1 aliphatic heterocycles. The summed E-state index contributed by atoms with van der Waals surface area (Å²) < 4.78 is 45.4. The molecule has 1 atom stereocenters. The molecule has 59 heavy (non-hydrogen) atoms. The summed E-state index contributed by atoms with van der Waals surface area (Å²) in [4.78, 5) is 57.4. The number of aromatic amines is 1. The zero-order valence-electron chi connectivity index (χ0n) is 34.4. The first kappa shape index (κ1) is 43.2. The van der Waals surface area contributed by atoms with Crippen LogP contribution in [0.2, 0.25) is 0 Å². The maximum Gasteiger partial charge on any atom is 0.431 e. The van der Waals surface area contributed by atoms with E-state index in [2.05, 4.69) is 38.2 Å². The van der Waals surface area contributed by atoms with Crippen molar-refractivity contribution in [1.82, 2.24) is 25.8 Å². The number of piperidine rings is 1. The Kier molecular flexibility index (Phi) is 13.4. The SMILES string of the molecule is Cc1cc(C(=O)NC2CCN(C)CC2)ccc1-c1ccc(C[C@H](NC(=O)C2CCC(CNC(=O)OC(C)(C)C)CC2)C(=O)Nc2ccc3[nH]c(C(F)(F)F)cc3c2)cc1. The molecular weight excluding hydrogens is 762 g/mol. The number of halogens is 3. The molecule has 0 radical (unpaired) electrons. The van der Waals surface area contributed by atoms with Gasteiger partial charge in [-0.1, -0.05) is 30.3 Å². The summed E-state index contributed by atoms with van der Waals surface area (Å²) in [6.07, 6.45) is -0.433. The highest BCUT2D eigenvalue weighted by molar-refractivity contribution is 5.99. The number of fused-ring (bicyclic) bond motifs is 1. The molecule has 4 aromatic rings. The minimum atomic E-state index is -4.55. The van der Waals surface area contributed by atoms with Gasteiger partial charge in [-0.05, 0) is 151 Å². The Morgan fingerprint density at radius 2 is 1.58 bits per heavy atom. The second-order valence-electron chi connectivity index (χ2n) is 17.1. The Labute approximate surface area is 343 Å². The van der Waals surface area contributed by atoms with Crippen LogP contribution in [0.5, 0.6) is 0 Å². The fraction of sp³-hybridized carbons (Fsp3) is 0.467. The van der Waals surface area contributed by atoms with Crippen LogP contribution in [0.4, 0.5) is 23.7 Å². The summed E-state index contributed by atoms with van der Waals surface area (Å²) in [5, 5.41) is 12.1. The Morgan fingerprint density at radius 1 is 0.881 bits per heavy atom. The number of ether oxygens (including phenoxy) is 1. The van der Waals surface area contributed by atoms with Crippen molar-refractivity contribution in [2.24, 2.45) is 11.8 Å². The minimum Gasteiger partial charge on any atom is -0.444 e. The summed E-state index contributed by atoms with van der Waals surface area (Å²) in [5.41, 5.74) is 3.29. The lowest BCUT2D eigenvalue weighted by atomic mass is 9.81. The van der Waals surface area contributed by atoms with Gasteiger partial charge >= 0.3 is 12.3 Å². The number of H-pyrrole nitrogens is 1. The third kappa shape index (κ3) is 11.9. The van der Waals surface area contributed by atoms with Crippen molar-refractivity contribution in [1.29, 1.82) is 0 Å². The number of alkyl halides is 3. The van der Waals surface area contributed by atoms with Gasteiger partial charge in [0.05, 0.1) is 0 Å².